The zero-order valence-corrected chi connectivity index (χ0v) is 9.34. The Labute approximate surface area is 90.1 Å². The Balaban J connectivity index is 2.52. The predicted molar refractivity (Wildman–Crippen MR) is 59.9 cm³/mol. The molecule has 1 rings (SSSR count). The van der Waals surface area contributed by atoms with Crippen molar-refractivity contribution in [2.45, 2.75) is 31.6 Å². The van der Waals surface area contributed by atoms with Crippen molar-refractivity contribution in [1.29, 1.82) is 0 Å². The predicted octanol–water partition coefficient (Wildman–Crippen LogP) is 3.67. The van der Waals surface area contributed by atoms with E-state index in [0.717, 1.165) is 5.56 Å². The molecule has 0 unspecified atom stereocenters. The second-order valence-corrected chi connectivity index (χ2v) is 5.03. The largest absolute Gasteiger partial charge is 0.294 e. The number of rotatable bonds is 4. The summed E-state index contributed by atoms with van der Waals surface area (Å²) >= 11 is 6.01. The van der Waals surface area contributed by atoms with Gasteiger partial charge in [-0.15, -0.1) is 11.6 Å². The number of Topliss-reactive ketones (excluding diaryl/α,β-unsaturated/α-hetero) is 1. The van der Waals surface area contributed by atoms with Crippen LogP contribution < -0.4 is 0 Å². The zero-order valence-electron chi connectivity index (χ0n) is 8.59. The van der Waals surface area contributed by atoms with Gasteiger partial charge in [-0.3, -0.25) is 4.79 Å². The smallest absolute Gasteiger partial charge is 0.162 e. The summed E-state index contributed by atoms with van der Waals surface area (Å²) in [4.78, 5) is 11.3. The minimum Gasteiger partial charge on any atom is -0.294 e. The van der Waals surface area contributed by atoms with Gasteiger partial charge in [0.15, 0.2) is 5.78 Å². The van der Waals surface area contributed by atoms with Crippen molar-refractivity contribution in [3.63, 3.8) is 0 Å². The zero-order chi connectivity index (χ0) is 10.6. The average Bonchev–Trinajstić information content (AvgIpc) is 2.14. The number of ketones is 1. The van der Waals surface area contributed by atoms with Crippen molar-refractivity contribution >= 4 is 17.4 Å². The molecule has 1 aromatic rings. The fourth-order valence-electron chi connectivity index (χ4n) is 1.18. The van der Waals surface area contributed by atoms with E-state index in [2.05, 4.69) is 0 Å². The molecule has 76 valence electrons. The topological polar surface area (TPSA) is 17.1 Å². The van der Waals surface area contributed by atoms with E-state index in [4.69, 9.17) is 11.6 Å². The molecule has 0 radical (unpaired) electrons. The summed E-state index contributed by atoms with van der Waals surface area (Å²) in [6.45, 7) is 3.85. The maximum absolute atomic E-state index is 11.6. The molecule has 0 bridgehead atoms. The van der Waals surface area contributed by atoms with Crippen LogP contribution in [-0.4, -0.2) is 10.7 Å². The molecule has 0 aromatic heterocycles. The van der Waals surface area contributed by atoms with Crippen molar-refractivity contribution in [2.24, 2.45) is 0 Å². The van der Waals surface area contributed by atoms with Crippen LogP contribution >= 0.6 is 11.6 Å². The molecular formula is C12H15ClO. The van der Waals surface area contributed by atoms with E-state index in [9.17, 15) is 4.79 Å². The number of carbonyl (C=O) groups is 1. The molecule has 2 heteroatoms. The Morgan fingerprint density at radius 2 is 1.86 bits per heavy atom. The van der Waals surface area contributed by atoms with Gasteiger partial charge >= 0.3 is 0 Å². The highest BCUT2D eigenvalue weighted by Crippen LogP contribution is 2.20. The quantitative estimate of drug-likeness (QED) is 0.548. The minimum atomic E-state index is -0.287. The van der Waals surface area contributed by atoms with Gasteiger partial charge in [-0.1, -0.05) is 30.3 Å². The average molecular weight is 211 g/mol. The van der Waals surface area contributed by atoms with Gasteiger partial charge in [0.05, 0.1) is 0 Å². The molecule has 0 heterocycles. The van der Waals surface area contributed by atoms with E-state index in [1.54, 1.807) is 0 Å². The number of alkyl halides is 1. The second-order valence-electron chi connectivity index (χ2n) is 4.01. The van der Waals surface area contributed by atoms with Crippen LogP contribution in [0.1, 0.15) is 37.0 Å². The van der Waals surface area contributed by atoms with Crippen molar-refractivity contribution in [1.82, 2.24) is 0 Å². The van der Waals surface area contributed by atoms with E-state index in [1.807, 2.05) is 44.2 Å². The summed E-state index contributed by atoms with van der Waals surface area (Å²) in [6, 6.07) is 9.33. The summed E-state index contributed by atoms with van der Waals surface area (Å²) < 4.78 is 0. The molecule has 0 N–H and O–H groups in total. The van der Waals surface area contributed by atoms with Crippen LogP contribution in [0.2, 0.25) is 0 Å². The highest BCUT2D eigenvalue weighted by molar-refractivity contribution is 6.23. The molecular weight excluding hydrogens is 196 g/mol. The fourth-order valence-corrected chi connectivity index (χ4v) is 1.27. The van der Waals surface area contributed by atoms with Gasteiger partial charge in [0.1, 0.15) is 0 Å². The van der Waals surface area contributed by atoms with E-state index >= 15 is 0 Å². The Kier molecular flexibility index (Phi) is 3.70. The van der Waals surface area contributed by atoms with Crippen molar-refractivity contribution in [3.05, 3.63) is 35.9 Å². The van der Waals surface area contributed by atoms with Crippen LogP contribution in [0, 0.1) is 0 Å². The molecule has 0 saturated heterocycles. The Bertz CT molecular complexity index is 298. The van der Waals surface area contributed by atoms with Crippen LogP contribution in [0.25, 0.3) is 0 Å². The molecule has 0 aliphatic carbocycles. The standard InChI is InChI=1S/C12H15ClO/c1-12(2,13)9-8-11(14)10-6-4-3-5-7-10/h3-7H,8-9H2,1-2H3. The van der Waals surface area contributed by atoms with Gasteiger partial charge < -0.3 is 0 Å². The van der Waals surface area contributed by atoms with Crippen LogP contribution in [0.3, 0.4) is 0 Å². The molecule has 0 aliphatic heterocycles. The van der Waals surface area contributed by atoms with Crippen LogP contribution in [0.5, 0.6) is 0 Å². The lowest BCUT2D eigenvalue weighted by atomic mass is 10.0. The number of carbonyl (C=O) groups excluding carboxylic acids is 1. The summed E-state index contributed by atoms with van der Waals surface area (Å²) in [5.74, 6) is 0.166. The number of hydrogen-bond donors (Lipinski definition) is 0. The molecule has 14 heavy (non-hydrogen) atoms. The third-order valence-corrected chi connectivity index (χ3v) is 2.23. The molecule has 0 amide bonds. The first-order valence-electron chi connectivity index (χ1n) is 4.76. The summed E-state index contributed by atoms with van der Waals surface area (Å²) in [6.07, 6.45) is 1.22. The third-order valence-electron chi connectivity index (χ3n) is 2.04. The molecule has 0 aliphatic rings. The maximum Gasteiger partial charge on any atom is 0.162 e. The number of benzene rings is 1. The van der Waals surface area contributed by atoms with Gasteiger partial charge in [0, 0.05) is 16.9 Å². The van der Waals surface area contributed by atoms with Gasteiger partial charge in [-0.25, -0.2) is 0 Å². The van der Waals surface area contributed by atoms with Crippen molar-refractivity contribution in [2.75, 3.05) is 0 Å². The van der Waals surface area contributed by atoms with Crippen molar-refractivity contribution in [3.8, 4) is 0 Å². The lowest BCUT2D eigenvalue weighted by Crippen LogP contribution is -2.12. The monoisotopic (exact) mass is 210 g/mol. The van der Waals surface area contributed by atoms with Gasteiger partial charge in [-0.2, -0.15) is 0 Å². The van der Waals surface area contributed by atoms with Crippen LogP contribution in [0.15, 0.2) is 30.3 Å². The first-order valence-corrected chi connectivity index (χ1v) is 5.14. The Morgan fingerprint density at radius 3 is 2.36 bits per heavy atom. The Morgan fingerprint density at radius 1 is 1.29 bits per heavy atom. The van der Waals surface area contributed by atoms with Crippen molar-refractivity contribution < 1.29 is 4.79 Å². The summed E-state index contributed by atoms with van der Waals surface area (Å²) in [5, 5.41) is 0. The lowest BCUT2D eigenvalue weighted by molar-refractivity contribution is 0.0977. The Hall–Kier alpha value is -0.820. The molecule has 0 atom stereocenters. The highest BCUT2D eigenvalue weighted by atomic mass is 35.5. The number of hydrogen-bond acceptors (Lipinski definition) is 1. The molecule has 0 spiro atoms. The fraction of sp³-hybridized carbons (Fsp3) is 0.417. The normalized spacial score (nSPS) is 11.4. The van der Waals surface area contributed by atoms with E-state index in [-0.39, 0.29) is 10.7 Å². The highest BCUT2D eigenvalue weighted by Gasteiger charge is 2.15. The summed E-state index contributed by atoms with van der Waals surface area (Å²) in [5.41, 5.74) is 0.772. The first-order chi connectivity index (χ1) is 6.49. The SMILES string of the molecule is CC(C)(Cl)CCC(=O)c1ccccc1. The van der Waals surface area contributed by atoms with Gasteiger partial charge in [0.2, 0.25) is 0 Å². The molecule has 1 aromatic carbocycles. The third kappa shape index (κ3) is 3.93. The molecule has 1 nitrogen and oxygen atoms in total. The lowest BCUT2D eigenvalue weighted by Gasteiger charge is -2.14. The minimum absolute atomic E-state index is 0.166. The van der Waals surface area contributed by atoms with Crippen LogP contribution in [-0.2, 0) is 0 Å². The summed E-state index contributed by atoms with van der Waals surface area (Å²) in [7, 11) is 0. The van der Waals surface area contributed by atoms with Crippen LogP contribution in [0.4, 0.5) is 0 Å². The first kappa shape index (κ1) is 11.3. The molecule has 0 fully saturated rings. The number of halogens is 1. The maximum atomic E-state index is 11.6. The van der Waals surface area contributed by atoms with E-state index in [1.165, 1.54) is 0 Å². The van der Waals surface area contributed by atoms with Gasteiger partial charge in [-0.05, 0) is 20.3 Å². The van der Waals surface area contributed by atoms with Gasteiger partial charge in [0.25, 0.3) is 0 Å². The molecule has 0 saturated carbocycles. The van der Waals surface area contributed by atoms with E-state index in [0.29, 0.717) is 12.8 Å². The van der Waals surface area contributed by atoms with E-state index < -0.39 is 0 Å². The second kappa shape index (κ2) is 4.61.